The number of rotatable bonds is 2. The average molecular weight is 276 g/mol. The molecule has 3 rings (SSSR count). The first-order valence-electron chi connectivity index (χ1n) is 5.43. The molecule has 0 aliphatic heterocycles. The summed E-state index contributed by atoms with van der Waals surface area (Å²) < 4.78 is 7.05. The van der Waals surface area contributed by atoms with Crippen LogP contribution in [0.4, 0.5) is 5.69 Å². The molecule has 90 valence electrons. The van der Waals surface area contributed by atoms with E-state index in [0.717, 1.165) is 11.1 Å². The molecule has 0 unspecified atom stereocenters. The maximum atomic E-state index is 6.10. The summed E-state index contributed by atoms with van der Waals surface area (Å²) in [5.74, 6) is 1.42. The predicted molar refractivity (Wildman–Crippen MR) is 77.8 cm³/mol. The molecule has 2 aromatic carbocycles. The Morgan fingerprint density at radius 3 is 2.78 bits per heavy atom. The van der Waals surface area contributed by atoms with Gasteiger partial charge in [-0.3, -0.25) is 0 Å². The highest BCUT2D eigenvalue weighted by Crippen LogP contribution is 2.36. The van der Waals surface area contributed by atoms with Crippen LogP contribution in [0.2, 0.25) is 5.02 Å². The van der Waals surface area contributed by atoms with Crippen LogP contribution in [0.25, 0.3) is 10.1 Å². The van der Waals surface area contributed by atoms with Crippen LogP contribution in [0.15, 0.2) is 47.8 Å². The number of anilines is 1. The molecule has 3 aromatic rings. The number of nitrogens with two attached hydrogens (primary N) is 1. The van der Waals surface area contributed by atoms with Gasteiger partial charge in [0.15, 0.2) is 0 Å². The molecule has 0 radical (unpaired) electrons. The Morgan fingerprint density at radius 2 is 1.94 bits per heavy atom. The number of nitrogen functional groups attached to an aromatic ring is 1. The van der Waals surface area contributed by atoms with Gasteiger partial charge in [0.2, 0.25) is 0 Å². The first-order chi connectivity index (χ1) is 8.74. The summed E-state index contributed by atoms with van der Waals surface area (Å²) in [6.45, 7) is 0. The van der Waals surface area contributed by atoms with E-state index < -0.39 is 0 Å². The molecule has 0 fully saturated rings. The number of halogens is 1. The van der Waals surface area contributed by atoms with Crippen LogP contribution >= 0.6 is 22.9 Å². The van der Waals surface area contributed by atoms with Crippen molar-refractivity contribution in [1.82, 2.24) is 0 Å². The molecule has 0 aliphatic rings. The second-order valence-electron chi connectivity index (χ2n) is 3.88. The van der Waals surface area contributed by atoms with Gasteiger partial charge in [-0.05, 0) is 41.8 Å². The Labute approximate surface area is 114 Å². The standard InChI is InChI=1S/C14H10ClNOS/c15-11-8-9(16)4-5-13(11)17-12-2-1-3-14-10(12)6-7-18-14/h1-8H,16H2. The molecule has 0 saturated heterocycles. The van der Waals surface area contributed by atoms with Gasteiger partial charge in [-0.1, -0.05) is 17.7 Å². The van der Waals surface area contributed by atoms with Crippen molar-refractivity contribution in [2.45, 2.75) is 0 Å². The van der Waals surface area contributed by atoms with E-state index in [1.807, 2.05) is 23.6 Å². The van der Waals surface area contributed by atoms with E-state index in [4.69, 9.17) is 22.1 Å². The number of ether oxygens (including phenoxy) is 1. The number of fused-ring (bicyclic) bond motifs is 1. The van der Waals surface area contributed by atoms with E-state index in [1.54, 1.807) is 29.5 Å². The van der Waals surface area contributed by atoms with E-state index >= 15 is 0 Å². The van der Waals surface area contributed by atoms with Gasteiger partial charge in [0.05, 0.1) is 5.02 Å². The van der Waals surface area contributed by atoms with Gasteiger partial charge < -0.3 is 10.5 Å². The van der Waals surface area contributed by atoms with Crippen molar-refractivity contribution in [1.29, 1.82) is 0 Å². The lowest BCUT2D eigenvalue weighted by molar-refractivity contribution is 0.489. The van der Waals surface area contributed by atoms with Crippen LogP contribution in [0.1, 0.15) is 0 Å². The Morgan fingerprint density at radius 1 is 1.06 bits per heavy atom. The Kier molecular flexibility index (Phi) is 2.86. The Balaban J connectivity index is 2.03. The first-order valence-corrected chi connectivity index (χ1v) is 6.69. The smallest absolute Gasteiger partial charge is 0.146 e. The quantitative estimate of drug-likeness (QED) is 0.673. The van der Waals surface area contributed by atoms with E-state index in [1.165, 1.54) is 4.70 Å². The molecular weight excluding hydrogens is 266 g/mol. The average Bonchev–Trinajstić information content (AvgIpc) is 2.82. The number of hydrogen-bond acceptors (Lipinski definition) is 3. The molecule has 0 saturated carbocycles. The third-order valence-corrected chi connectivity index (χ3v) is 3.81. The molecule has 4 heteroatoms. The molecule has 0 amide bonds. The van der Waals surface area contributed by atoms with E-state index in [-0.39, 0.29) is 0 Å². The number of benzene rings is 2. The van der Waals surface area contributed by atoms with E-state index in [9.17, 15) is 0 Å². The van der Waals surface area contributed by atoms with Crippen molar-refractivity contribution < 1.29 is 4.74 Å². The second kappa shape index (κ2) is 4.52. The zero-order valence-corrected chi connectivity index (χ0v) is 11.0. The highest BCUT2D eigenvalue weighted by molar-refractivity contribution is 7.17. The Bertz CT molecular complexity index is 708. The fourth-order valence-corrected chi connectivity index (χ4v) is 2.80. The third-order valence-electron chi connectivity index (χ3n) is 2.63. The lowest BCUT2D eigenvalue weighted by Crippen LogP contribution is -1.88. The van der Waals surface area contributed by atoms with Gasteiger partial charge in [0.25, 0.3) is 0 Å². The molecule has 1 heterocycles. The van der Waals surface area contributed by atoms with E-state index in [0.29, 0.717) is 16.5 Å². The SMILES string of the molecule is Nc1ccc(Oc2cccc3sccc23)c(Cl)c1. The summed E-state index contributed by atoms with van der Waals surface area (Å²) in [6.07, 6.45) is 0. The molecule has 0 aliphatic carbocycles. The van der Waals surface area contributed by atoms with Crippen LogP contribution in [0.5, 0.6) is 11.5 Å². The molecule has 18 heavy (non-hydrogen) atoms. The van der Waals surface area contributed by atoms with E-state index in [2.05, 4.69) is 6.07 Å². The van der Waals surface area contributed by atoms with Crippen LogP contribution in [0, 0.1) is 0 Å². The largest absolute Gasteiger partial charge is 0.455 e. The highest BCUT2D eigenvalue weighted by Gasteiger charge is 2.07. The van der Waals surface area contributed by atoms with Crippen molar-refractivity contribution in [2.24, 2.45) is 0 Å². The van der Waals surface area contributed by atoms with Crippen molar-refractivity contribution >= 4 is 38.7 Å². The highest BCUT2D eigenvalue weighted by atomic mass is 35.5. The van der Waals surface area contributed by atoms with Gasteiger partial charge >= 0.3 is 0 Å². The second-order valence-corrected chi connectivity index (χ2v) is 5.24. The van der Waals surface area contributed by atoms with Crippen LogP contribution in [0.3, 0.4) is 0 Å². The summed E-state index contributed by atoms with van der Waals surface area (Å²) in [7, 11) is 0. The summed E-state index contributed by atoms with van der Waals surface area (Å²) in [5.41, 5.74) is 6.28. The van der Waals surface area contributed by atoms with Crippen molar-refractivity contribution in [3.63, 3.8) is 0 Å². The topological polar surface area (TPSA) is 35.2 Å². The van der Waals surface area contributed by atoms with Crippen LogP contribution in [-0.2, 0) is 0 Å². The van der Waals surface area contributed by atoms with Crippen molar-refractivity contribution in [3.8, 4) is 11.5 Å². The third kappa shape index (κ3) is 2.03. The zero-order chi connectivity index (χ0) is 12.5. The summed E-state index contributed by atoms with van der Waals surface area (Å²) in [4.78, 5) is 0. The summed E-state index contributed by atoms with van der Waals surface area (Å²) in [5, 5.41) is 3.65. The summed E-state index contributed by atoms with van der Waals surface area (Å²) in [6, 6.07) is 13.3. The van der Waals surface area contributed by atoms with Gasteiger partial charge in [-0.25, -0.2) is 0 Å². The first kappa shape index (κ1) is 11.4. The molecule has 2 N–H and O–H groups in total. The molecule has 0 atom stereocenters. The Hall–Kier alpha value is -1.71. The van der Waals surface area contributed by atoms with Crippen LogP contribution in [-0.4, -0.2) is 0 Å². The molecule has 1 aromatic heterocycles. The van der Waals surface area contributed by atoms with Crippen molar-refractivity contribution in [2.75, 3.05) is 5.73 Å². The zero-order valence-electron chi connectivity index (χ0n) is 9.39. The van der Waals surface area contributed by atoms with Crippen molar-refractivity contribution in [3.05, 3.63) is 52.9 Å². The monoisotopic (exact) mass is 275 g/mol. The van der Waals surface area contributed by atoms with Crippen LogP contribution < -0.4 is 10.5 Å². The predicted octanol–water partition coefficient (Wildman–Crippen LogP) is 4.93. The normalized spacial score (nSPS) is 10.7. The number of hydrogen-bond donors (Lipinski definition) is 1. The van der Waals surface area contributed by atoms with Gasteiger partial charge in [0.1, 0.15) is 11.5 Å². The number of thiophene rings is 1. The fraction of sp³-hybridized carbons (Fsp3) is 0. The summed E-state index contributed by atoms with van der Waals surface area (Å²) >= 11 is 7.79. The lowest BCUT2D eigenvalue weighted by atomic mass is 10.2. The minimum Gasteiger partial charge on any atom is -0.455 e. The van der Waals surface area contributed by atoms with Gasteiger partial charge in [-0.15, -0.1) is 11.3 Å². The lowest BCUT2D eigenvalue weighted by Gasteiger charge is -2.09. The maximum absolute atomic E-state index is 6.10. The molecular formula is C14H10ClNOS. The van der Waals surface area contributed by atoms with Gasteiger partial charge in [0, 0.05) is 15.8 Å². The fourth-order valence-electron chi connectivity index (χ4n) is 1.77. The molecule has 2 nitrogen and oxygen atoms in total. The van der Waals surface area contributed by atoms with Gasteiger partial charge in [-0.2, -0.15) is 0 Å². The minimum absolute atomic E-state index is 0.516. The maximum Gasteiger partial charge on any atom is 0.146 e. The minimum atomic E-state index is 0.516. The molecule has 0 spiro atoms. The molecule has 0 bridgehead atoms.